The van der Waals surface area contributed by atoms with Crippen LogP contribution in [0, 0.1) is 0 Å². The minimum Gasteiger partial charge on any atom is -0.480 e. The van der Waals surface area contributed by atoms with E-state index in [2.05, 4.69) is 5.32 Å². The highest BCUT2D eigenvalue weighted by atomic mass is 35.5. The molecule has 0 aromatic carbocycles. The summed E-state index contributed by atoms with van der Waals surface area (Å²) in [5.41, 5.74) is 0. The Balaban J connectivity index is 2.60. The predicted octanol–water partition coefficient (Wildman–Crippen LogP) is 2.34. The second-order valence-electron chi connectivity index (χ2n) is 3.25. The number of thiophene rings is 1. The van der Waals surface area contributed by atoms with E-state index in [1.54, 1.807) is 23.9 Å². The summed E-state index contributed by atoms with van der Waals surface area (Å²) in [7, 11) is 0. The Morgan fingerprint density at radius 3 is 2.76 bits per heavy atom. The van der Waals surface area contributed by atoms with Crippen LogP contribution in [0.15, 0.2) is 12.1 Å². The van der Waals surface area contributed by atoms with Crippen LogP contribution in [0.25, 0.3) is 0 Å². The van der Waals surface area contributed by atoms with Crippen molar-refractivity contribution < 1.29 is 14.7 Å². The smallest absolute Gasteiger partial charge is 0.326 e. The standard InChI is InChI=1S/C10H12ClNO3S2/c1-16-5-4-6(10(14)15)12-9(13)7-2-3-8(11)17-7/h2-3,6H,4-5H2,1H3,(H,12,13)(H,14,15). The highest BCUT2D eigenvalue weighted by Crippen LogP contribution is 2.21. The molecule has 0 bridgehead atoms. The van der Waals surface area contributed by atoms with Gasteiger partial charge in [-0.05, 0) is 30.6 Å². The first-order valence-corrected chi connectivity index (χ1v) is 7.41. The van der Waals surface area contributed by atoms with Crippen LogP contribution in [-0.2, 0) is 4.79 Å². The Kier molecular flexibility index (Phi) is 5.80. The molecule has 1 aromatic rings. The van der Waals surface area contributed by atoms with Crippen molar-refractivity contribution in [2.75, 3.05) is 12.0 Å². The molecule has 1 amide bonds. The molecule has 1 rings (SSSR count). The molecule has 1 unspecified atom stereocenters. The van der Waals surface area contributed by atoms with E-state index >= 15 is 0 Å². The zero-order chi connectivity index (χ0) is 12.8. The largest absolute Gasteiger partial charge is 0.480 e. The van der Waals surface area contributed by atoms with Crippen LogP contribution in [0.2, 0.25) is 4.34 Å². The van der Waals surface area contributed by atoms with E-state index in [0.717, 1.165) is 11.3 Å². The first-order valence-electron chi connectivity index (χ1n) is 4.82. The maximum absolute atomic E-state index is 11.7. The van der Waals surface area contributed by atoms with E-state index < -0.39 is 17.9 Å². The van der Waals surface area contributed by atoms with E-state index in [0.29, 0.717) is 21.4 Å². The van der Waals surface area contributed by atoms with Crippen LogP contribution in [-0.4, -0.2) is 35.0 Å². The maximum Gasteiger partial charge on any atom is 0.326 e. The lowest BCUT2D eigenvalue weighted by atomic mass is 10.2. The first-order chi connectivity index (χ1) is 8.04. The average Bonchev–Trinajstić information content (AvgIpc) is 2.70. The summed E-state index contributed by atoms with van der Waals surface area (Å²) >= 11 is 8.38. The van der Waals surface area contributed by atoms with Gasteiger partial charge in [-0.3, -0.25) is 4.79 Å². The number of rotatable bonds is 6. The molecule has 0 saturated carbocycles. The topological polar surface area (TPSA) is 66.4 Å². The number of carboxylic acids is 1. The molecule has 1 aromatic heterocycles. The number of nitrogens with one attached hydrogen (secondary N) is 1. The molecule has 0 aliphatic rings. The van der Waals surface area contributed by atoms with Gasteiger partial charge in [0.05, 0.1) is 9.21 Å². The molecular formula is C10H12ClNO3S2. The molecule has 1 heterocycles. The molecular weight excluding hydrogens is 282 g/mol. The third kappa shape index (κ3) is 4.57. The number of halogens is 1. The normalized spacial score (nSPS) is 12.1. The molecule has 4 nitrogen and oxygen atoms in total. The third-order valence-corrected chi connectivity index (χ3v) is 3.88. The quantitative estimate of drug-likeness (QED) is 0.845. The van der Waals surface area contributed by atoms with E-state index in [1.165, 1.54) is 0 Å². The van der Waals surface area contributed by atoms with Crippen molar-refractivity contribution in [2.45, 2.75) is 12.5 Å². The second-order valence-corrected chi connectivity index (χ2v) is 5.95. The summed E-state index contributed by atoms with van der Waals surface area (Å²) in [5, 5.41) is 11.4. The van der Waals surface area contributed by atoms with Gasteiger partial charge in [0.25, 0.3) is 5.91 Å². The van der Waals surface area contributed by atoms with Crippen molar-refractivity contribution in [1.82, 2.24) is 5.32 Å². The van der Waals surface area contributed by atoms with Gasteiger partial charge in [-0.15, -0.1) is 11.3 Å². The zero-order valence-corrected chi connectivity index (χ0v) is 11.5. The number of thioether (sulfide) groups is 1. The zero-order valence-electron chi connectivity index (χ0n) is 9.10. The number of aliphatic carboxylic acids is 1. The number of hydrogen-bond acceptors (Lipinski definition) is 4. The molecule has 0 saturated heterocycles. The molecule has 0 spiro atoms. The second kappa shape index (κ2) is 6.88. The fraction of sp³-hybridized carbons (Fsp3) is 0.400. The van der Waals surface area contributed by atoms with Crippen LogP contribution >= 0.6 is 34.7 Å². The molecule has 17 heavy (non-hydrogen) atoms. The van der Waals surface area contributed by atoms with E-state index in [9.17, 15) is 9.59 Å². The highest BCUT2D eigenvalue weighted by Gasteiger charge is 2.20. The van der Waals surface area contributed by atoms with Crippen molar-refractivity contribution in [3.63, 3.8) is 0 Å². The van der Waals surface area contributed by atoms with Crippen molar-refractivity contribution >= 4 is 46.6 Å². The minimum absolute atomic E-state index is 0.393. The van der Waals surface area contributed by atoms with Crippen LogP contribution < -0.4 is 5.32 Å². The number of amides is 1. The third-order valence-electron chi connectivity index (χ3n) is 2.01. The SMILES string of the molecule is CSCCC(NC(=O)c1ccc(Cl)s1)C(=O)O. The van der Waals surface area contributed by atoms with Crippen LogP contribution in [0.4, 0.5) is 0 Å². The highest BCUT2D eigenvalue weighted by molar-refractivity contribution is 7.98. The number of hydrogen-bond donors (Lipinski definition) is 2. The lowest BCUT2D eigenvalue weighted by molar-refractivity contribution is -0.139. The van der Waals surface area contributed by atoms with Gasteiger partial charge in [-0.2, -0.15) is 11.8 Å². The van der Waals surface area contributed by atoms with E-state index in [4.69, 9.17) is 16.7 Å². The molecule has 7 heteroatoms. The molecule has 0 aliphatic heterocycles. The Bertz CT molecular complexity index is 408. The van der Waals surface area contributed by atoms with Crippen LogP contribution in [0.1, 0.15) is 16.1 Å². The number of carbonyl (C=O) groups excluding carboxylic acids is 1. The van der Waals surface area contributed by atoms with E-state index in [-0.39, 0.29) is 0 Å². The van der Waals surface area contributed by atoms with Gasteiger partial charge in [-0.25, -0.2) is 4.79 Å². The summed E-state index contributed by atoms with van der Waals surface area (Å²) in [6.45, 7) is 0. The van der Waals surface area contributed by atoms with Gasteiger partial charge in [-0.1, -0.05) is 11.6 Å². The summed E-state index contributed by atoms with van der Waals surface area (Å²) in [5.74, 6) is -0.729. The Labute approximate surface area is 112 Å². The van der Waals surface area contributed by atoms with Crippen LogP contribution in [0.5, 0.6) is 0 Å². The number of carbonyl (C=O) groups is 2. The molecule has 94 valence electrons. The summed E-state index contributed by atoms with van der Waals surface area (Å²) in [6, 6.07) is 2.34. The fourth-order valence-electron chi connectivity index (χ4n) is 1.16. The monoisotopic (exact) mass is 293 g/mol. The van der Waals surface area contributed by atoms with E-state index in [1.807, 2.05) is 6.26 Å². The Morgan fingerprint density at radius 2 is 2.29 bits per heavy atom. The van der Waals surface area contributed by atoms with Crippen molar-refractivity contribution in [3.05, 3.63) is 21.3 Å². The average molecular weight is 294 g/mol. The lowest BCUT2D eigenvalue weighted by Crippen LogP contribution is -2.40. The van der Waals surface area contributed by atoms with Gasteiger partial charge < -0.3 is 10.4 Å². The molecule has 2 N–H and O–H groups in total. The molecule has 0 fully saturated rings. The maximum atomic E-state index is 11.7. The predicted molar refractivity (Wildman–Crippen MR) is 71.2 cm³/mol. The Morgan fingerprint density at radius 1 is 1.59 bits per heavy atom. The summed E-state index contributed by atoms with van der Waals surface area (Å²) < 4.78 is 0.506. The van der Waals surface area contributed by atoms with Crippen molar-refractivity contribution in [3.8, 4) is 0 Å². The molecule has 0 radical (unpaired) electrons. The van der Waals surface area contributed by atoms with Gasteiger partial charge in [0, 0.05) is 0 Å². The van der Waals surface area contributed by atoms with Gasteiger partial charge in [0.2, 0.25) is 0 Å². The summed E-state index contributed by atoms with van der Waals surface area (Å²) in [6.07, 6.45) is 2.29. The van der Waals surface area contributed by atoms with Crippen molar-refractivity contribution in [1.29, 1.82) is 0 Å². The Hall–Kier alpha value is -0.720. The van der Waals surface area contributed by atoms with Crippen LogP contribution in [0.3, 0.4) is 0 Å². The molecule has 1 atom stereocenters. The van der Waals surface area contributed by atoms with Gasteiger partial charge in [0.1, 0.15) is 6.04 Å². The van der Waals surface area contributed by atoms with Gasteiger partial charge in [0.15, 0.2) is 0 Å². The first kappa shape index (κ1) is 14.3. The minimum atomic E-state index is -1.02. The fourth-order valence-corrected chi connectivity index (χ4v) is 2.58. The van der Waals surface area contributed by atoms with Gasteiger partial charge >= 0.3 is 5.97 Å². The number of carboxylic acid groups (broad SMARTS) is 1. The lowest BCUT2D eigenvalue weighted by Gasteiger charge is -2.12. The molecule has 0 aliphatic carbocycles. The van der Waals surface area contributed by atoms with Crippen molar-refractivity contribution in [2.24, 2.45) is 0 Å². The summed E-state index contributed by atoms with van der Waals surface area (Å²) in [4.78, 5) is 23.1.